The number of amides is 6. The summed E-state index contributed by atoms with van der Waals surface area (Å²) >= 11 is 66.2. The van der Waals surface area contributed by atoms with Crippen molar-refractivity contribution in [3.8, 4) is 73.7 Å². The molecule has 6 amide bonds. The van der Waals surface area contributed by atoms with E-state index in [-0.39, 0.29) is 37.4 Å². The molecule has 52 heteroatoms. The first kappa shape index (κ1) is 114. The number of halogens is 7. The van der Waals surface area contributed by atoms with Crippen molar-refractivity contribution in [2.24, 2.45) is 0 Å². The van der Waals surface area contributed by atoms with Gasteiger partial charge in [0.2, 0.25) is 0 Å². The Morgan fingerprint density at radius 2 is 0.587 bits per heavy atom. The number of hydrogen-bond acceptors (Lipinski definition) is 32. The van der Waals surface area contributed by atoms with Crippen LogP contribution >= 0.6 is 202 Å². The van der Waals surface area contributed by atoms with Gasteiger partial charge in [0.15, 0.2) is 11.6 Å². The number of thioether (sulfide) groups is 6. The van der Waals surface area contributed by atoms with Crippen LogP contribution < -0.4 is 4.74 Å². The number of aliphatic carboxylic acids is 5. The normalized spacial score (nSPS) is 16.2. The lowest BCUT2D eigenvalue weighted by molar-refractivity contribution is -0.140. The number of rotatable bonds is 26. The highest BCUT2D eigenvalue weighted by molar-refractivity contribution is 8.28. The van der Waals surface area contributed by atoms with Gasteiger partial charge >= 0.3 is 29.8 Å². The van der Waals surface area contributed by atoms with E-state index in [1.807, 2.05) is 73.7 Å². The summed E-state index contributed by atoms with van der Waals surface area (Å²) in [5, 5.41) is 46.4. The largest absolute Gasteiger partial charge is 0.497 e. The zero-order valence-corrected chi connectivity index (χ0v) is 90.3. The molecule has 0 saturated carbocycles. The van der Waals surface area contributed by atoms with Crippen LogP contribution in [0.1, 0.15) is 40.1 Å². The van der Waals surface area contributed by atoms with E-state index < -0.39 is 126 Å². The predicted octanol–water partition coefficient (Wildman–Crippen LogP) is 23.1. The molecule has 0 spiro atoms. The van der Waals surface area contributed by atoms with Crippen LogP contribution in [0, 0.1) is 18.6 Å². The lowest BCUT2D eigenvalue weighted by Gasteiger charge is -2.12. The van der Waals surface area contributed by atoms with Crippen molar-refractivity contribution in [3.05, 3.63) is 306 Å². The van der Waals surface area contributed by atoms with Crippen molar-refractivity contribution in [3.63, 3.8) is 0 Å². The smallest absolute Gasteiger partial charge is 0.323 e. The molecule has 150 heavy (non-hydrogen) atoms. The van der Waals surface area contributed by atoms with E-state index in [2.05, 4.69) is 0 Å². The van der Waals surface area contributed by atoms with Crippen LogP contribution in [0.4, 0.5) is 8.78 Å². The summed E-state index contributed by atoms with van der Waals surface area (Å²) in [4.78, 5) is 136. The van der Waals surface area contributed by atoms with Gasteiger partial charge in [-0.2, -0.15) is 8.42 Å². The Labute approximate surface area is 930 Å². The Kier molecular flexibility index (Phi) is 39.2. The zero-order valence-electron chi connectivity index (χ0n) is 76.0. The molecule has 0 aliphatic carbocycles. The second-order valence-corrected chi connectivity index (χ2v) is 44.3. The van der Waals surface area contributed by atoms with Crippen molar-refractivity contribution in [2.45, 2.75) is 6.92 Å². The molecule has 12 aromatic rings. The van der Waals surface area contributed by atoms with E-state index in [4.69, 9.17) is 193 Å². The minimum atomic E-state index is -4.19. The van der Waals surface area contributed by atoms with Gasteiger partial charge in [-0.1, -0.05) is 226 Å². The topological polar surface area (TPSA) is 451 Å². The van der Waals surface area contributed by atoms with Crippen LogP contribution in [-0.2, 0) is 62.9 Å². The first-order valence-corrected chi connectivity index (χ1v) is 53.0. The minimum Gasteiger partial charge on any atom is -0.497 e. The summed E-state index contributed by atoms with van der Waals surface area (Å²) < 4.78 is 97.4. The lowest BCUT2D eigenvalue weighted by Crippen LogP contribution is -2.33. The molecule has 32 nitrogen and oxygen atoms in total. The zero-order chi connectivity index (χ0) is 109. The summed E-state index contributed by atoms with van der Waals surface area (Å²) in [6, 6.07) is 56.6. The van der Waals surface area contributed by atoms with E-state index in [1.165, 1.54) is 24.3 Å². The Hall–Kier alpha value is -12.7. The van der Waals surface area contributed by atoms with E-state index >= 15 is 0 Å². The van der Waals surface area contributed by atoms with Crippen molar-refractivity contribution >= 4 is 340 Å². The molecule has 0 unspecified atom stereocenters. The number of aryl methyl sites for hydroxylation is 1. The van der Waals surface area contributed by atoms with Crippen LogP contribution in [0.2, 0.25) is 25.1 Å². The quantitative estimate of drug-likeness (QED) is 0.0167. The van der Waals surface area contributed by atoms with Gasteiger partial charge in [0, 0.05) is 81.4 Å². The number of carbonyl (C=O) groups is 11. The fourth-order valence-electron chi connectivity index (χ4n) is 13.2. The SMILES string of the molecule is COc1ccc(-c2ccc(/C=C3\SC(=S)N(CC(=O)O)C3=O)o2)cc1.Cc1cccc(-c2ccc(/C=C3\SC(=S)N(CC(=O)O)C3=O)o2)c1.O=C(O)CN1C(=O)/C(=C/c2ccc(-c3ccc(Cl)c(Cl)c3)o2)SC1=S.O=C(O)CN1C(=O)/C(=C/c2ccc(-c3ccc(Cl)cc3)o2)SC1=S.O=C(O)CN1C(=O)/C(=C/c2ccc(-c3ccc(F)c(F)c3)o2)SC1=S.O=C1/C(=C\c2ccc(-c3ccc(Cl)c(Cl)c3)o2)SC(=S)N1CCS(=O)(=O)O. The third kappa shape index (κ3) is 30.6. The number of carboxylic acid groups (broad SMARTS) is 5. The minimum absolute atomic E-state index is 0.144. The second-order valence-electron chi connectivity index (χ2n) is 30.6. The molecular formula is C98H65Cl5F2N6O26S13. The number of benzene rings is 6. The number of ether oxygens (including phenoxy) is 1. The molecule has 0 atom stereocenters. The highest BCUT2D eigenvalue weighted by atomic mass is 35.5. The maximum Gasteiger partial charge on any atom is 0.323 e. The standard InChI is InChI=1S/C17H13NO5S2.C17H13NO4S2.C16H11Cl2NO5S3.C16H9Cl2NO4S2.C16H10ClNO4S2.C16H9F2NO4S2/c1-22-11-4-2-10(3-5-11)13-7-6-12(23-13)8-14-16(21)18(9-15(19)20)17(24)25-14;1-10-3-2-4-11(7-10)13-6-5-12(22-13)8-14-16(21)18(9-15(19)20)17(23)24-14;17-11-3-1-9(7-12(11)18)13-4-2-10(24-13)8-14-15(20)19(16(25)26-14)5-6-27(21,22)23;17-10-3-1-8(5-11(10)18)12-4-2-9(23-12)6-13-15(22)19(7-14(20)21)16(24)25-13;17-10-3-1-9(2-4-10)12-6-5-11(22-12)7-13-15(21)18(8-14(19)20)16(23)24-13;17-10-3-1-8(5-11(10)18)12-4-2-9(23-12)6-13-15(22)19(7-14(20)21)16(24)25-13/h2-8H,9H2,1H3,(H,19,20);2-8H,9H2,1H3,(H,19,20);1-4,7-8H,5-6H2,(H,21,22,23);1-6H,7H2,(H,20,21);1-7H,8H2,(H,19,20);1-6H,7H2,(H,20,21)/b2*14-8-;14-8+;13-6-;13-7-;13-6-. The molecule has 6 N–H and O–H groups in total. The molecule has 6 aliphatic heterocycles. The summed E-state index contributed by atoms with van der Waals surface area (Å²) in [5.41, 5.74) is 5.62. The monoisotopic (exact) mass is 2370 g/mol. The Bertz CT molecular complexity index is 7690. The number of carboxylic acids is 5. The second kappa shape index (κ2) is 51.4. The third-order valence-corrected chi connectivity index (χ3v) is 30.8. The number of methoxy groups -OCH3 is 1. The summed E-state index contributed by atoms with van der Waals surface area (Å²) in [6.07, 6.45) is 9.18. The maximum absolute atomic E-state index is 13.3. The van der Waals surface area contributed by atoms with Gasteiger partial charge in [0.05, 0.1) is 62.4 Å². The molecule has 770 valence electrons. The van der Waals surface area contributed by atoms with Crippen molar-refractivity contribution < 1.29 is 131 Å². The number of thiocarbonyl (C=S) groups is 6. The highest BCUT2D eigenvalue weighted by Crippen LogP contribution is 2.43. The average Bonchev–Trinajstić information content (AvgIpc) is 1.68. The van der Waals surface area contributed by atoms with Crippen LogP contribution in [0.5, 0.6) is 5.75 Å². The fraction of sp³-hybridized carbons (Fsp3) is 0.0918. The molecule has 0 bridgehead atoms. The average molecular weight is 2370 g/mol. The van der Waals surface area contributed by atoms with Crippen LogP contribution in [0.3, 0.4) is 0 Å². The summed E-state index contributed by atoms with van der Waals surface area (Å²) in [5.74, 6) is -4.09. The third-order valence-electron chi connectivity index (χ3n) is 20.1. The molecule has 6 fully saturated rings. The first-order valence-electron chi connectivity index (χ1n) is 42.2. The summed E-state index contributed by atoms with van der Waals surface area (Å²) in [6.45, 7) is -0.522. The van der Waals surface area contributed by atoms with E-state index in [0.717, 1.165) is 151 Å². The van der Waals surface area contributed by atoms with Gasteiger partial charge in [-0.05, 0) is 189 Å². The highest BCUT2D eigenvalue weighted by Gasteiger charge is 2.40. The van der Waals surface area contributed by atoms with Gasteiger partial charge in [-0.15, -0.1) is 0 Å². The Balaban J connectivity index is 0.000000150. The number of nitrogens with zero attached hydrogens (tertiary/aromatic N) is 6. The maximum atomic E-state index is 13.3. The number of carbonyl (C=O) groups excluding carboxylic acids is 6. The molecule has 6 aliphatic rings. The van der Waals surface area contributed by atoms with Gasteiger partial charge < -0.3 is 56.8 Å². The molecule has 6 aromatic carbocycles. The number of hydrogen-bond donors (Lipinski definition) is 6. The molecule has 12 heterocycles. The van der Waals surface area contributed by atoms with E-state index in [0.29, 0.717) is 124 Å². The van der Waals surface area contributed by atoms with Crippen molar-refractivity contribution in [1.29, 1.82) is 0 Å². The van der Waals surface area contributed by atoms with Gasteiger partial charge in [-0.3, -0.25) is 86.7 Å². The Morgan fingerprint density at radius 1 is 0.333 bits per heavy atom. The Morgan fingerprint density at radius 3 is 0.853 bits per heavy atom. The van der Waals surface area contributed by atoms with Crippen LogP contribution in [0.25, 0.3) is 104 Å². The first-order chi connectivity index (χ1) is 71.2. The van der Waals surface area contributed by atoms with Gasteiger partial charge in [-0.25, -0.2) is 8.78 Å². The van der Waals surface area contributed by atoms with E-state index in [1.54, 1.807) is 141 Å². The number of furan rings is 6. The fourth-order valence-corrected chi connectivity index (χ4v) is 21.8. The van der Waals surface area contributed by atoms with Gasteiger partial charge in [0.1, 0.15) is 134 Å². The lowest BCUT2D eigenvalue weighted by atomic mass is 10.1. The van der Waals surface area contributed by atoms with Crippen molar-refractivity contribution in [2.75, 3.05) is 52.1 Å². The van der Waals surface area contributed by atoms with E-state index in [9.17, 15) is 69.9 Å². The molecule has 0 radical (unpaired) electrons. The molecular weight excluding hydrogens is 2310 g/mol. The van der Waals surface area contributed by atoms with Gasteiger partial charge in [0.25, 0.3) is 45.6 Å². The molecule has 18 rings (SSSR count). The van der Waals surface area contributed by atoms with Crippen LogP contribution in [0.15, 0.2) is 256 Å². The molecule has 6 saturated heterocycles. The predicted molar refractivity (Wildman–Crippen MR) is 595 cm³/mol. The molecule has 6 aromatic heterocycles. The van der Waals surface area contributed by atoms with Crippen molar-refractivity contribution in [1.82, 2.24) is 29.4 Å². The van der Waals surface area contributed by atoms with Crippen LogP contribution in [-0.4, -0.2) is 211 Å². The summed E-state index contributed by atoms with van der Waals surface area (Å²) in [7, 11) is -2.59.